The van der Waals surface area contributed by atoms with Crippen molar-refractivity contribution in [2.45, 2.75) is 174 Å². The lowest BCUT2D eigenvalue weighted by Crippen LogP contribution is -2.11. The van der Waals surface area contributed by atoms with Gasteiger partial charge in [0.1, 0.15) is 0 Å². The van der Waals surface area contributed by atoms with Crippen LogP contribution in [-0.2, 0) is 14.3 Å². The van der Waals surface area contributed by atoms with Crippen molar-refractivity contribution in [1.82, 2.24) is 0 Å². The predicted molar refractivity (Wildman–Crippen MR) is 162 cm³/mol. The van der Waals surface area contributed by atoms with Crippen LogP contribution in [0.1, 0.15) is 174 Å². The Labute approximate surface area is 236 Å². The largest absolute Gasteiger partial charge is 0.396 e. The van der Waals surface area contributed by atoms with Crippen LogP contribution in [0.4, 0.5) is 0 Å². The lowest BCUT2D eigenvalue weighted by molar-refractivity contribution is -0.159. The van der Waals surface area contributed by atoms with Crippen LogP contribution < -0.4 is 0 Å². The monoisotopic (exact) mass is 534 g/mol. The van der Waals surface area contributed by atoms with Gasteiger partial charge in [-0.25, -0.2) is 0 Å². The Bertz CT molecular complexity index is 567. The van der Waals surface area contributed by atoms with Crippen LogP contribution in [0.25, 0.3) is 0 Å². The molecule has 1 N–H and O–H groups in total. The molecule has 0 amide bonds. The fourth-order valence-corrected chi connectivity index (χ4v) is 4.64. The number of rotatable bonds is 29. The van der Waals surface area contributed by atoms with E-state index in [1.807, 2.05) is 0 Å². The molecule has 0 saturated carbocycles. The first kappa shape index (κ1) is 36.6. The summed E-state index contributed by atoms with van der Waals surface area (Å²) in [5, 5.41) is 8.76. The Kier molecular flexibility index (Phi) is 30.6. The van der Waals surface area contributed by atoms with Crippen molar-refractivity contribution in [3.05, 3.63) is 24.3 Å². The fourth-order valence-electron chi connectivity index (χ4n) is 4.64. The number of allylic oxidation sites excluding steroid dienone is 4. The maximum atomic E-state index is 11.9. The Morgan fingerprint density at radius 3 is 1.29 bits per heavy atom. The highest BCUT2D eigenvalue weighted by atomic mass is 16.6. The lowest BCUT2D eigenvalue weighted by Gasteiger charge is -2.04. The third kappa shape index (κ3) is 30.8. The van der Waals surface area contributed by atoms with Gasteiger partial charge in [-0.1, -0.05) is 134 Å². The van der Waals surface area contributed by atoms with Crippen LogP contribution in [0.3, 0.4) is 0 Å². The number of hydrogen-bond donors (Lipinski definition) is 1. The minimum absolute atomic E-state index is 0.330. The highest BCUT2D eigenvalue weighted by Crippen LogP contribution is 2.14. The first-order chi connectivity index (χ1) is 18.7. The number of esters is 2. The van der Waals surface area contributed by atoms with Crippen LogP contribution in [0.2, 0.25) is 0 Å². The van der Waals surface area contributed by atoms with Crippen LogP contribution in [0, 0.1) is 0 Å². The number of carbonyl (C=O) groups excluding carboxylic acids is 2. The maximum Gasteiger partial charge on any atom is 0.313 e. The van der Waals surface area contributed by atoms with Crippen molar-refractivity contribution in [3.63, 3.8) is 0 Å². The normalized spacial score (nSPS) is 11.6. The third-order valence-electron chi connectivity index (χ3n) is 7.10. The molecule has 0 radical (unpaired) electrons. The smallest absolute Gasteiger partial charge is 0.313 e. The van der Waals surface area contributed by atoms with Crippen molar-refractivity contribution in [2.24, 2.45) is 0 Å². The second-order valence-electron chi connectivity index (χ2n) is 10.9. The molecule has 0 atom stereocenters. The molecule has 0 fully saturated rings. The minimum atomic E-state index is -0.353. The van der Waals surface area contributed by atoms with Gasteiger partial charge >= 0.3 is 11.9 Å². The van der Waals surface area contributed by atoms with E-state index in [4.69, 9.17) is 9.84 Å². The second kappa shape index (κ2) is 31.8. The van der Waals surface area contributed by atoms with E-state index in [1.165, 1.54) is 89.9 Å². The van der Waals surface area contributed by atoms with Gasteiger partial charge in [-0.3, -0.25) is 9.59 Å². The van der Waals surface area contributed by atoms with Crippen molar-refractivity contribution in [1.29, 1.82) is 0 Å². The molecule has 222 valence electrons. The van der Waals surface area contributed by atoms with E-state index >= 15 is 0 Å². The van der Waals surface area contributed by atoms with Gasteiger partial charge in [0, 0.05) is 19.4 Å². The Morgan fingerprint density at radius 2 is 0.868 bits per heavy atom. The summed E-state index contributed by atoms with van der Waals surface area (Å²) in [6.45, 7) is 2.57. The summed E-state index contributed by atoms with van der Waals surface area (Å²) < 4.78 is 4.98. The standard InChI is InChI=1S/C34H62O4/c1-2-3-4-5-6-7-8-9-10-12-15-18-21-24-27-30-33(36)38-34(37)31-28-25-22-19-16-13-11-14-17-20-23-26-29-32-35/h6-7,9-10,35H,2-5,8,11-32H2,1H3/b7-6-,10-9-. The molecule has 0 spiro atoms. The summed E-state index contributed by atoms with van der Waals surface area (Å²) in [7, 11) is 0. The number of hydrogen-bond acceptors (Lipinski definition) is 4. The van der Waals surface area contributed by atoms with Gasteiger partial charge in [-0.2, -0.15) is 0 Å². The van der Waals surface area contributed by atoms with Crippen molar-refractivity contribution < 1.29 is 19.4 Å². The van der Waals surface area contributed by atoms with E-state index in [1.54, 1.807) is 0 Å². The third-order valence-corrected chi connectivity index (χ3v) is 7.10. The van der Waals surface area contributed by atoms with Gasteiger partial charge in [-0.05, 0) is 51.4 Å². The van der Waals surface area contributed by atoms with Crippen LogP contribution in [0.15, 0.2) is 24.3 Å². The van der Waals surface area contributed by atoms with E-state index in [0.717, 1.165) is 64.2 Å². The van der Waals surface area contributed by atoms with E-state index < -0.39 is 0 Å². The van der Waals surface area contributed by atoms with Gasteiger partial charge < -0.3 is 9.84 Å². The number of ether oxygens (including phenoxy) is 1. The molecule has 4 nitrogen and oxygen atoms in total. The van der Waals surface area contributed by atoms with Crippen LogP contribution in [0.5, 0.6) is 0 Å². The molecule has 0 aromatic carbocycles. The molecule has 0 saturated heterocycles. The summed E-state index contributed by atoms with van der Waals surface area (Å²) in [5.41, 5.74) is 0. The summed E-state index contributed by atoms with van der Waals surface area (Å²) in [5.74, 6) is -0.703. The Hall–Kier alpha value is -1.42. The average molecular weight is 535 g/mol. The average Bonchev–Trinajstić information content (AvgIpc) is 2.91. The number of unbranched alkanes of at least 4 members (excludes halogenated alkanes) is 20. The first-order valence-electron chi connectivity index (χ1n) is 16.3. The van der Waals surface area contributed by atoms with E-state index in [0.29, 0.717) is 19.4 Å². The van der Waals surface area contributed by atoms with Crippen molar-refractivity contribution in [3.8, 4) is 0 Å². The topological polar surface area (TPSA) is 63.6 Å². The molecule has 4 heteroatoms. The van der Waals surface area contributed by atoms with E-state index in [-0.39, 0.29) is 11.9 Å². The zero-order valence-corrected chi connectivity index (χ0v) is 25.1. The number of aliphatic hydroxyl groups excluding tert-OH is 1. The van der Waals surface area contributed by atoms with Gasteiger partial charge in [0.05, 0.1) is 0 Å². The Balaban J connectivity index is 3.36. The quantitative estimate of drug-likeness (QED) is 0.0448. The van der Waals surface area contributed by atoms with E-state index in [9.17, 15) is 9.59 Å². The number of aliphatic hydroxyl groups is 1. The molecule has 0 bridgehead atoms. The summed E-state index contributed by atoms with van der Waals surface area (Å²) in [4.78, 5) is 23.7. The molecule has 0 rings (SSSR count). The SMILES string of the molecule is CCCCC/C=C\C/C=C\CCCCCCCC(=O)OC(=O)CCCCCCCCCCCCCCCO. The predicted octanol–water partition coefficient (Wildman–Crippen LogP) is 10.3. The van der Waals surface area contributed by atoms with Crippen molar-refractivity contribution in [2.75, 3.05) is 6.61 Å². The van der Waals surface area contributed by atoms with Crippen LogP contribution in [-0.4, -0.2) is 23.7 Å². The summed E-state index contributed by atoms with van der Waals surface area (Å²) in [6.07, 6.45) is 38.0. The zero-order valence-electron chi connectivity index (χ0n) is 25.1. The van der Waals surface area contributed by atoms with Crippen molar-refractivity contribution >= 4 is 11.9 Å². The van der Waals surface area contributed by atoms with E-state index in [2.05, 4.69) is 31.2 Å². The van der Waals surface area contributed by atoms with Crippen LogP contribution >= 0.6 is 0 Å². The van der Waals surface area contributed by atoms with Gasteiger partial charge in [0.2, 0.25) is 0 Å². The molecular weight excluding hydrogens is 472 g/mol. The Morgan fingerprint density at radius 1 is 0.500 bits per heavy atom. The van der Waals surface area contributed by atoms with Gasteiger partial charge in [-0.15, -0.1) is 0 Å². The molecule has 0 heterocycles. The highest BCUT2D eigenvalue weighted by molar-refractivity contribution is 5.85. The summed E-state index contributed by atoms with van der Waals surface area (Å²) in [6, 6.07) is 0. The molecule has 0 unspecified atom stereocenters. The first-order valence-corrected chi connectivity index (χ1v) is 16.3. The molecule has 0 aliphatic rings. The highest BCUT2D eigenvalue weighted by Gasteiger charge is 2.09. The lowest BCUT2D eigenvalue weighted by atomic mass is 10.0. The molecule has 0 aliphatic carbocycles. The summed E-state index contributed by atoms with van der Waals surface area (Å²) >= 11 is 0. The molecular formula is C34H62O4. The molecule has 0 aliphatic heterocycles. The molecule has 0 aromatic heterocycles. The number of carbonyl (C=O) groups is 2. The molecule has 38 heavy (non-hydrogen) atoms. The second-order valence-corrected chi connectivity index (χ2v) is 10.9. The maximum absolute atomic E-state index is 11.9. The molecule has 0 aromatic rings. The minimum Gasteiger partial charge on any atom is -0.396 e. The van der Waals surface area contributed by atoms with Gasteiger partial charge in [0.15, 0.2) is 0 Å². The fraction of sp³-hybridized carbons (Fsp3) is 0.824. The zero-order chi connectivity index (χ0) is 27.8. The van der Waals surface area contributed by atoms with Gasteiger partial charge in [0.25, 0.3) is 0 Å².